The van der Waals surface area contributed by atoms with Crippen LogP contribution in [0.15, 0.2) is 35.7 Å². The first kappa shape index (κ1) is 18.6. The molecule has 0 saturated heterocycles. The number of carbonyl (C=O) groups is 1. The quantitative estimate of drug-likeness (QED) is 0.795. The second-order valence-electron chi connectivity index (χ2n) is 6.17. The number of halogens is 2. The van der Waals surface area contributed by atoms with E-state index in [-0.39, 0.29) is 17.8 Å². The normalized spacial score (nSPS) is 16.5. The van der Waals surface area contributed by atoms with Crippen LogP contribution in [0, 0.1) is 0 Å². The Morgan fingerprint density at radius 3 is 2.81 bits per heavy atom. The van der Waals surface area contributed by atoms with Crippen LogP contribution in [0.25, 0.3) is 0 Å². The van der Waals surface area contributed by atoms with Gasteiger partial charge < -0.3 is 15.0 Å². The number of fused-ring (bicyclic) bond motifs is 1. The van der Waals surface area contributed by atoms with Gasteiger partial charge in [-0.05, 0) is 54.0 Å². The fourth-order valence-corrected chi connectivity index (χ4v) is 4.26. The Hall–Kier alpha value is -2.15. The molecule has 1 aromatic heterocycles. The summed E-state index contributed by atoms with van der Waals surface area (Å²) in [4.78, 5) is 15.9. The van der Waals surface area contributed by atoms with Crippen LogP contribution in [0.4, 0.5) is 13.6 Å². The van der Waals surface area contributed by atoms with Crippen molar-refractivity contribution in [2.24, 2.45) is 0 Å². The Morgan fingerprint density at radius 2 is 2.12 bits per heavy atom. The third-order valence-corrected chi connectivity index (χ3v) is 5.58. The third-order valence-electron chi connectivity index (χ3n) is 4.58. The molecule has 26 heavy (non-hydrogen) atoms. The first-order valence-electron chi connectivity index (χ1n) is 8.73. The van der Waals surface area contributed by atoms with Crippen molar-refractivity contribution in [3.63, 3.8) is 0 Å². The van der Waals surface area contributed by atoms with Crippen LogP contribution in [-0.2, 0) is 12.8 Å². The first-order chi connectivity index (χ1) is 12.6. The molecule has 140 valence electrons. The van der Waals surface area contributed by atoms with E-state index in [4.69, 9.17) is 0 Å². The van der Waals surface area contributed by atoms with Gasteiger partial charge in [0.15, 0.2) is 0 Å². The van der Waals surface area contributed by atoms with Gasteiger partial charge in [0.05, 0.1) is 6.04 Å². The monoisotopic (exact) mass is 380 g/mol. The molecule has 0 radical (unpaired) electrons. The third kappa shape index (κ3) is 4.33. The van der Waals surface area contributed by atoms with E-state index in [0.29, 0.717) is 13.0 Å². The molecule has 0 fully saturated rings. The second kappa shape index (κ2) is 8.49. The van der Waals surface area contributed by atoms with Crippen molar-refractivity contribution in [1.82, 2.24) is 10.2 Å². The molecule has 1 aliphatic rings. The molecule has 0 bridgehead atoms. The lowest BCUT2D eigenvalue weighted by atomic mass is 9.98. The van der Waals surface area contributed by atoms with Crippen LogP contribution in [0.2, 0.25) is 0 Å². The van der Waals surface area contributed by atoms with Crippen molar-refractivity contribution >= 4 is 17.4 Å². The standard InChI is InChI=1S/C19H22F2N2O2S/c1-2-16-15-9-12-26-17(15)8-11-23(16)19(24)22-10-7-13-3-5-14(6-4-13)25-18(20)21/h3-6,9,12,16,18H,2,7-8,10-11H2,1H3,(H,22,24). The fraction of sp³-hybridized carbons (Fsp3) is 0.421. The molecule has 7 heteroatoms. The molecule has 0 aliphatic carbocycles. The van der Waals surface area contributed by atoms with Gasteiger partial charge >= 0.3 is 12.6 Å². The molecule has 1 atom stereocenters. The lowest BCUT2D eigenvalue weighted by Crippen LogP contribution is -2.45. The molecule has 3 rings (SSSR count). The zero-order chi connectivity index (χ0) is 18.5. The Balaban J connectivity index is 1.51. The van der Waals surface area contributed by atoms with Crippen molar-refractivity contribution in [2.45, 2.75) is 38.8 Å². The summed E-state index contributed by atoms with van der Waals surface area (Å²) in [5, 5.41) is 5.07. The molecule has 1 aliphatic heterocycles. The largest absolute Gasteiger partial charge is 0.435 e. The summed E-state index contributed by atoms with van der Waals surface area (Å²) in [6.45, 7) is 0.509. The molecule has 4 nitrogen and oxygen atoms in total. The van der Waals surface area contributed by atoms with Crippen LogP contribution in [-0.4, -0.2) is 30.6 Å². The van der Waals surface area contributed by atoms with Crippen LogP contribution in [0.3, 0.4) is 0 Å². The number of rotatable bonds is 6. The highest BCUT2D eigenvalue weighted by Crippen LogP contribution is 2.35. The minimum absolute atomic E-state index is 0.0497. The van der Waals surface area contributed by atoms with E-state index in [1.165, 1.54) is 22.6 Å². The van der Waals surface area contributed by atoms with Gasteiger partial charge in [-0.25, -0.2) is 4.79 Å². The van der Waals surface area contributed by atoms with Crippen molar-refractivity contribution in [3.05, 3.63) is 51.7 Å². The molecule has 0 saturated carbocycles. The number of hydrogen-bond acceptors (Lipinski definition) is 3. The summed E-state index contributed by atoms with van der Waals surface area (Å²) < 4.78 is 28.6. The number of alkyl halides is 2. The number of amides is 2. The molecule has 1 unspecified atom stereocenters. The van der Waals surface area contributed by atoms with E-state index in [2.05, 4.69) is 28.4 Å². The molecular formula is C19H22F2N2O2S. The summed E-state index contributed by atoms with van der Waals surface area (Å²) in [6.07, 6.45) is 2.43. The Kier molecular flexibility index (Phi) is 6.08. The summed E-state index contributed by atoms with van der Waals surface area (Å²) in [5.74, 6) is 0.137. The number of benzene rings is 1. The van der Waals surface area contributed by atoms with E-state index in [0.717, 1.165) is 24.9 Å². The highest BCUT2D eigenvalue weighted by atomic mass is 32.1. The number of thiophene rings is 1. The van der Waals surface area contributed by atoms with Gasteiger partial charge in [-0.2, -0.15) is 8.78 Å². The maximum atomic E-state index is 12.6. The molecule has 1 aromatic carbocycles. The van der Waals surface area contributed by atoms with Crippen molar-refractivity contribution in [3.8, 4) is 5.75 Å². The minimum Gasteiger partial charge on any atom is -0.435 e. The Bertz CT molecular complexity index is 733. The molecule has 1 N–H and O–H groups in total. The zero-order valence-electron chi connectivity index (χ0n) is 14.6. The average Bonchev–Trinajstić information content (AvgIpc) is 3.10. The number of nitrogens with zero attached hydrogens (tertiary/aromatic N) is 1. The van der Waals surface area contributed by atoms with E-state index >= 15 is 0 Å². The van der Waals surface area contributed by atoms with E-state index in [9.17, 15) is 13.6 Å². The van der Waals surface area contributed by atoms with Gasteiger partial charge in [-0.15, -0.1) is 11.3 Å². The number of nitrogens with one attached hydrogen (secondary N) is 1. The number of urea groups is 1. The smallest absolute Gasteiger partial charge is 0.387 e. The SMILES string of the molecule is CCC1c2ccsc2CCN1C(=O)NCCc1ccc(OC(F)F)cc1. The van der Waals surface area contributed by atoms with Crippen LogP contribution < -0.4 is 10.1 Å². The number of carbonyl (C=O) groups excluding carboxylic acids is 1. The van der Waals surface area contributed by atoms with Crippen LogP contribution in [0.1, 0.15) is 35.4 Å². The summed E-state index contributed by atoms with van der Waals surface area (Å²) in [5.41, 5.74) is 2.23. The minimum atomic E-state index is -2.82. The van der Waals surface area contributed by atoms with Crippen LogP contribution in [0.5, 0.6) is 5.75 Å². The van der Waals surface area contributed by atoms with Crippen LogP contribution >= 0.6 is 11.3 Å². The van der Waals surface area contributed by atoms with Gasteiger partial charge in [0.25, 0.3) is 0 Å². The Labute approximate surface area is 155 Å². The predicted molar refractivity (Wildman–Crippen MR) is 97.9 cm³/mol. The Morgan fingerprint density at radius 1 is 1.35 bits per heavy atom. The molecular weight excluding hydrogens is 358 g/mol. The molecule has 2 amide bonds. The second-order valence-corrected chi connectivity index (χ2v) is 7.17. The lowest BCUT2D eigenvalue weighted by Gasteiger charge is -2.35. The summed E-state index contributed by atoms with van der Waals surface area (Å²) in [7, 11) is 0. The molecule has 2 heterocycles. The lowest BCUT2D eigenvalue weighted by molar-refractivity contribution is -0.0498. The summed E-state index contributed by atoms with van der Waals surface area (Å²) >= 11 is 1.76. The zero-order valence-corrected chi connectivity index (χ0v) is 15.4. The number of hydrogen-bond donors (Lipinski definition) is 1. The van der Waals surface area contributed by atoms with Crippen molar-refractivity contribution < 1.29 is 18.3 Å². The van der Waals surface area contributed by atoms with Gasteiger partial charge in [0.1, 0.15) is 5.75 Å². The predicted octanol–water partition coefficient (Wildman–Crippen LogP) is 4.61. The van der Waals surface area contributed by atoms with Gasteiger partial charge in [-0.1, -0.05) is 19.1 Å². The van der Waals surface area contributed by atoms with Gasteiger partial charge in [0.2, 0.25) is 0 Å². The highest BCUT2D eigenvalue weighted by Gasteiger charge is 2.30. The molecule has 0 spiro atoms. The van der Waals surface area contributed by atoms with Crippen molar-refractivity contribution in [1.29, 1.82) is 0 Å². The maximum absolute atomic E-state index is 12.6. The first-order valence-corrected chi connectivity index (χ1v) is 9.61. The highest BCUT2D eigenvalue weighted by molar-refractivity contribution is 7.10. The topological polar surface area (TPSA) is 41.6 Å². The maximum Gasteiger partial charge on any atom is 0.387 e. The van der Waals surface area contributed by atoms with Gasteiger partial charge in [0, 0.05) is 18.0 Å². The van der Waals surface area contributed by atoms with E-state index in [1.807, 2.05) is 4.90 Å². The van der Waals surface area contributed by atoms with Crippen molar-refractivity contribution in [2.75, 3.05) is 13.1 Å². The van der Waals surface area contributed by atoms with Gasteiger partial charge in [-0.3, -0.25) is 0 Å². The molecule has 2 aromatic rings. The fourth-order valence-electron chi connectivity index (χ4n) is 3.33. The summed E-state index contributed by atoms with van der Waals surface area (Å²) in [6, 6.07) is 8.70. The average molecular weight is 380 g/mol. The van der Waals surface area contributed by atoms with E-state index in [1.54, 1.807) is 23.5 Å². The number of ether oxygens (including phenoxy) is 1. The van der Waals surface area contributed by atoms with E-state index < -0.39 is 6.61 Å².